The van der Waals surface area contributed by atoms with E-state index in [-0.39, 0.29) is 18.3 Å². The highest BCUT2D eigenvalue weighted by atomic mass is 35.5. The lowest BCUT2D eigenvalue weighted by Gasteiger charge is -2.28. The maximum Gasteiger partial charge on any atom is 0.260 e. The Morgan fingerprint density at radius 3 is 2.28 bits per heavy atom. The Kier molecular flexibility index (Phi) is 9.78. The van der Waals surface area contributed by atoms with Gasteiger partial charge in [0.05, 0.1) is 44.8 Å². The molecule has 0 aliphatic carbocycles. The molecule has 1 saturated heterocycles. The molecule has 10 heteroatoms. The van der Waals surface area contributed by atoms with Gasteiger partial charge in [0.15, 0.2) is 16.6 Å². The van der Waals surface area contributed by atoms with Crippen LogP contribution in [-0.2, 0) is 4.74 Å². The van der Waals surface area contributed by atoms with Crippen molar-refractivity contribution < 1.29 is 23.7 Å². The van der Waals surface area contributed by atoms with E-state index < -0.39 is 0 Å². The van der Waals surface area contributed by atoms with Gasteiger partial charge >= 0.3 is 0 Å². The molecule has 0 radical (unpaired) electrons. The average Bonchev–Trinajstić information content (AvgIpc) is 3.28. The molecule has 8 nitrogen and oxygen atoms in total. The second-order valence-electron chi connectivity index (χ2n) is 8.58. The van der Waals surface area contributed by atoms with Crippen LogP contribution in [0.4, 0.5) is 5.13 Å². The number of morpholine rings is 1. The molecule has 1 amide bonds. The summed E-state index contributed by atoms with van der Waals surface area (Å²) in [6.45, 7) is 8.96. The summed E-state index contributed by atoms with van der Waals surface area (Å²) in [6, 6.07) is 7.61. The Bertz CT molecular complexity index is 1130. The summed E-state index contributed by atoms with van der Waals surface area (Å²) in [7, 11) is 4.64. The number of fused-ring (bicyclic) bond motifs is 1. The van der Waals surface area contributed by atoms with E-state index >= 15 is 0 Å². The number of anilines is 1. The number of benzene rings is 2. The van der Waals surface area contributed by atoms with Crippen LogP contribution in [0.25, 0.3) is 10.2 Å². The van der Waals surface area contributed by atoms with Crippen molar-refractivity contribution in [1.29, 1.82) is 0 Å². The van der Waals surface area contributed by atoms with Crippen LogP contribution in [0.5, 0.6) is 17.2 Å². The van der Waals surface area contributed by atoms with Crippen LogP contribution in [0.15, 0.2) is 24.3 Å². The quantitative estimate of drug-likeness (QED) is 0.392. The van der Waals surface area contributed by atoms with Gasteiger partial charge in [0.2, 0.25) is 5.75 Å². The number of nitrogens with zero attached hydrogens (tertiary/aromatic N) is 3. The Labute approximate surface area is 222 Å². The van der Waals surface area contributed by atoms with Gasteiger partial charge in [-0.05, 0) is 55.7 Å². The molecule has 0 saturated carbocycles. The number of aromatic nitrogens is 1. The number of aryl methyl sites for hydroxylation is 2. The smallest absolute Gasteiger partial charge is 0.260 e. The van der Waals surface area contributed by atoms with Crippen molar-refractivity contribution in [2.24, 2.45) is 0 Å². The van der Waals surface area contributed by atoms with Gasteiger partial charge in [0.1, 0.15) is 0 Å². The molecule has 2 aromatic carbocycles. The first-order chi connectivity index (χ1) is 16.9. The van der Waals surface area contributed by atoms with E-state index in [1.54, 1.807) is 38.4 Å². The third-order valence-electron chi connectivity index (χ3n) is 6.34. The largest absolute Gasteiger partial charge is 0.493 e. The predicted molar refractivity (Wildman–Crippen MR) is 146 cm³/mol. The Balaban J connectivity index is 0.00000361. The zero-order chi connectivity index (χ0) is 24.9. The van der Waals surface area contributed by atoms with Crippen LogP contribution in [0.1, 0.15) is 27.9 Å². The Morgan fingerprint density at radius 2 is 1.67 bits per heavy atom. The van der Waals surface area contributed by atoms with E-state index in [1.165, 1.54) is 22.5 Å². The van der Waals surface area contributed by atoms with Crippen molar-refractivity contribution in [3.05, 3.63) is 41.0 Å². The standard InChI is InChI=1S/C26H33N3O5S.ClH/c1-17-13-20-23(14-18(17)2)35-26(27-20)29(8-6-7-28-9-11-34-12-10-28)25(30)19-15-21(31-3)24(33-5)22(16-19)32-4;/h13-16H,6-12H2,1-5H3;1H. The maximum absolute atomic E-state index is 13.9. The highest BCUT2D eigenvalue weighted by Gasteiger charge is 2.25. The van der Waals surface area contributed by atoms with E-state index in [2.05, 4.69) is 30.9 Å². The minimum absolute atomic E-state index is 0. The van der Waals surface area contributed by atoms with E-state index in [1.807, 2.05) is 0 Å². The second kappa shape index (κ2) is 12.6. The molecule has 2 heterocycles. The number of methoxy groups -OCH3 is 3. The number of hydrogen-bond donors (Lipinski definition) is 0. The van der Waals surface area contributed by atoms with Gasteiger partial charge in [-0.1, -0.05) is 11.3 Å². The predicted octanol–water partition coefficient (Wildman–Crippen LogP) is 4.73. The number of thiazole rings is 1. The summed E-state index contributed by atoms with van der Waals surface area (Å²) in [5.41, 5.74) is 3.76. The number of carbonyl (C=O) groups is 1. The van der Waals surface area contributed by atoms with Crippen LogP contribution in [0, 0.1) is 13.8 Å². The van der Waals surface area contributed by atoms with Crippen molar-refractivity contribution in [1.82, 2.24) is 9.88 Å². The van der Waals surface area contributed by atoms with Crippen LogP contribution in [0.2, 0.25) is 0 Å². The number of halogens is 1. The molecule has 1 aromatic heterocycles. The van der Waals surface area contributed by atoms with Crippen LogP contribution < -0.4 is 19.1 Å². The summed E-state index contributed by atoms with van der Waals surface area (Å²) in [5.74, 6) is 1.19. The zero-order valence-electron chi connectivity index (χ0n) is 21.5. The first-order valence-electron chi connectivity index (χ1n) is 11.7. The average molecular weight is 536 g/mol. The van der Waals surface area contributed by atoms with Gasteiger partial charge in [0, 0.05) is 31.7 Å². The lowest BCUT2D eigenvalue weighted by atomic mass is 10.1. The number of rotatable bonds is 9. The van der Waals surface area contributed by atoms with Crippen molar-refractivity contribution in [3.63, 3.8) is 0 Å². The molecule has 36 heavy (non-hydrogen) atoms. The lowest BCUT2D eigenvalue weighted by Crippen LogP contribution is -2.39. The number of ether oxygens (including phenoxy) is 4. The third kappa shape index (κ3) is 6.03. The summed E-state index contributed by atoms with van der Waals surface area (Å²) in [4.78, 5) is 22.9. The summed E-state index contributed by atoms with van der Waals surface area (Å²) < 4.78 is 22.9. The van der Waals surface area contributed by atoms with Crippen LogP contribution in [-0.4, -0.2) is 76.5 Å². The molecule has 196 valence electrons. The molecule has 0 spiro atoms. The minimum Gasteiger partial charge on any atom is -0.493 e. The summed E-state index contributed by atoms with van der Waals surface area (Å²) in [6.07, 6.45) is 0.824. The molecule has 1 aliphatic rings. The Hall–Kier alpha value is -2.59. The third-order valence-corrected chi connectivity index (χ3v) is 7.38. The number of amides is 1. The topological polar surface area (TPSA) is 73.4 Å². The van der Waals surface area contributed by atoms with Crippen molar-refractivity contribution in [2.75, 3.05) is 65.6 Å². The first kappa shape index (κ1) is 28.0. The minimum atomic E-state index is -0.154. The van der Waals surface area contributed by atoms with Gasteiger partial charge in [-0.25, -0.2) is 4.98 Å². The number of hydrogen-bond acceptors (Lipinski definition) is 8. The van der Waals surface area contributed by atoms with Crippen molar-refractivity contribution >= 4 is 45.0 Å². The zero-order valence-corrected chi connectivity index (χ0v) is 23.1. The van der Waals surface area contributed by atoms with E-state index in [9.17, 15) is 4.79 Å². The highest BCUT2D eigenvalue weighted by Crippen LogP contribution is 2.39. The molecule has 1 fully saturated rings. The summed E-state index contributed by atoms with van der Waals surface area (Å²) in [5, 5.41) is 0.686. The van der Waals surface area contributed by atoms with E-state index in [4.69, 9.17) is 23.9 Å². The molecular weight excluding hydrogens is 502 g/mol. The summed E-state index contributed by atoms with van der Waals surface area (Å²) >= 11 is 1.54. The van der Waals surface area contributed by atoms with E-state index in [0.717, 1.165) is 49.5 Å². The molecule has 0 bridgehead atoms. The van der Waals surface area contributed by atoms with Crippen molar-refractivity contribution in [3.8, 4) is 17.2 Å². The second-order valence-corrected chi connectivity index (χ2v) is 9.59. The van der Waals surface area contributed by atoms with E-state index in [0.29, 0.717) is 34.5 Å². The molecule has 1 aliphatic heterocycles. The van der Waals surface area contributed by atoms with Gasteiger partial charge < -0.3 is 18.9 Å². The fourth-order valence-corrected chi connectivity index (χ4v) is 5.27. The molecule has 0 atom stereocenters. The monoisotopic (exact) mass is 535 g/mol. The van der Waals surface area contributed by atoms with Crippen molar-refractivity contribution in [2.45, 2.75) is 20.3 Å². The van der Waals surface area contributed by atoms with Crippen LogP contribution >= 0.6 is 23.7 Å². The van der Waals surface area contributed by atoms with Crippen LogP contribution in [0.3, 0.4) is 0 Å². The molecule has 4 rings (SSSR count). The van der Waals surface area contributed by atoms with Gasteiger partial charge in [-0.3, -0.25) is 14.6 Å². The van der Waals surface area contributed by atoms with Gasteiger partial charge in [0.25, 0.3) is 5.91 Å². The number of carbonyl (C=O) groups excluding carboxylic acids is 1. The normalized spacial score (nSPS) is 13.8. The molecule has 3 aromatic rings. The fourth-order valence-electron chi connectivity index (χ4n) is 4.20. The van der Waals surface area contributed by atoms with Gasteiger partial charge in [-0.15, -0.1) is 12.4 Å². The lowest BCUT2D eigenvalue weighted by molar-refractivity contribution is 0.0376. The molecular formula is C26H34ClN3O5S. The molecule has 0 unspecified atom stereocenters. The molecule has 0 N–H and O–H groups in total. The Morgan fingerprint density at radius 1 is 1.03 bits per heavy atom. The maximum atomic E-state index is 13.9. The first-order valence-corrected chi connectivity index (χ1v) is 12.6. The SMILES string of the molecule is COc1cc(C(=O)N(CCCN2CCOCC2)c2nc3cc(C)c(C)cc3s2)cc(OC)c1OC.Cl. The fraction of sp³-hybridized carbons (Fsp3) is 0.462. The highest BCUT2D eigenvalue weighted by molar-refractivity contribution is 7.22. The van der Waals surface area contributed by atoms with Gasteiger partial charge in [-0.2, -0.15) is 0 Å².